The van der Waals surface area contributed by atoms with E-state index >= 15 is 0 Å². The number of pyridine rings is 1. The largest absolute Gasteiger partial charge is 0.508 e. The Labute approximate surface area is 173 Å². The van der Waals surface area contributed by atoms with Crippen molar-refractivity contribution in [3.8, 4) is 22.9 Å². The first-order valence-electron chi connectivity index (χ1n) is 10.4. The van der Waals surface area contributed by atoms with Crippen LogP contribution in [0.5, 0.6) is 11.6 Å². The van der Waals surface area contributed by atoms with Crippen molar-refractivity contribution in [3.05, 3.63) is 42.0 Å². The van der Waals surface area contributed by atoms with Crippen LogP contribution in [0, 0.1) is 5.92 Å². The van der Waals surface area contributed by atoms with Gasteiger partial charge < -0.3 is 14.7 Å². The van der Waals surface area contributed by atoms with Crippen LogP contribution < -0.4 is 4.74 Å². The molecule has 3 rings (SSSR count). The molecule has 1 N–H and O–H groups in total. The van der Waals surface area contributed by atoms with Crippen molar-refractivity contribution in [2.75, 3.05) is 33.3 Å². The number of hydrogen-bond donors (Lipinski definition) is 1. The predicted octanol–water partition coefficient (Wildman–Crippen LogP) is 3.54. The maximum Gasteiger partial charge on any atom is 0.226 e. The number of carbonyl (C=O) groups excluding carboxylic acids is 1. The Morgan fingerprint density at radius 3 is 2.79 bits per heavy atom. The Morgan fingerprint density at radius 1 is 1.28 bits per heavy atom. The molecule has 0 bridgehead atoms. The van der Waals surface area contributed by atoms with Crippen molar-refractivity contribution >= 4 is 5.91 Å². The van der Waals surface area contributed by atoms with Gasteiger partial charge in [-0.15, -0.1) is 0 Å². The van der Waals surface area contributed by atoms with Gasteiger partial charge in [0, 0.05) is 43.4 Å². The molecule has 0 unspecified atom stereocenters. The molecule has 6 heteroatoms. The molecule has 29 heavy (non-hydrogen) atoms. The van der Waals surface area contributed by atoms with E-state index in [0.717, 1.165) is 55.8 Å². The van der Waals surface area contributed by atoms with Gasteiger partial charge in [-0.2, -0.15) is 0 Å². The number of ether oxygens (including phenoxy) is 1. The Hall–Kier alpha value is -2.60. The molecule has 0 saturated carbocycles. The van der Waals surface area contributed by atoms with Crippen LogP contribution in [0.4, 0.5) is 0 Å². The highest BCUT2D eigenvalue weighted by atomic mass is 16.5. The number of aromatic nitrogens is 1. The van der Waals surface area contributed by atoms with Gasteiger partial charge >= 0.3 is 0 Å². The summed E-state index contributed by atoms with van der Waals surface area (Å²) in [6, 6.07) is 11.2. The van der Waals surface area contributed by atoms with Gasteiger partial charge in [0.1, 0.15) is 5.75 Å². The minimum atomic E-state index is 0.0361. The van der Waals surface area contributed by atoms with Crippen molar-refractivity contribution in [2.45, 2.75) is 33.2 Å². The van der Waals surface area contributed by atoms with Gasteiger partial charge in [-0.3, -0.25) is 9.69 Å². The maximum absolute atomic E-state index is 12.8. The van der Waals surface area contributed by atoms with Crippen LogP contribution >= 0.6 is 0 Å². The summed E-state index contributed by atoms with van der Waals surface area (Å²) in [7, 11) is 1.60. The van der Waals surface area contributed by atoms with E-state index in [1.165, 1.54) is 0 Å². The second-order valence-electron chi connectivity index (χ2n) is 7.49. The molecule has 1 atom stereocenters. The van der Waals surface area contributed by atoms with Gasteiger partial charge in [-0.25, -0.2) is 4.98 Å². The SMILES string of the molecule is CCN(CC)C(=O)[C@H]1CCCN(Cc2cc(-c3cccc(OC)n3)ccc2O)C1. The number of likely N-dealkylation sites (tertiary alicyclic amines) is 1. The summed E-state index contributed by atoms with van der Waals surface area (Å²) in [5, 5.41) is 10.4. The fraction of sp³-hybridized carbons (Fsp3) is 0.478. The molecule has 1 aromatic heterocycles. The molecule has 1 aliphatic heterocycles. The van der Waals surface area contributed by atoms with Gasteiger partial charge in [0.05, 0.1) is 18.7 Å². The molecule has 1 fully saturated rings. The van der Waals surface area contributed by atoms with Gasteiger partial charge in [0.25, 0.3) is 0 Å². The van der Waals surface area contributed by atoms with Crippen molar-refractivity contribution in [1.29, 1.82) is 0 Å². The van der Waals surface area contributed by atoms with Crippen LogP contribution in [0.25, 0.3) is 11.3 Å². The van der Waals surface area contributed by atoms with Crippen LogP contribution in [0.1, 0.15) is 32.3 Å². The highest BCUT2D eigenvalue weighted by Gasteiger charge is 2.28. The standard InChI is InChI=1S/C23H31N3O3/c1-4-26(5-2)23(28)18-8-7-13-25(15-18)16-19-14-17(11-12-21(19)27)20-9-6-10-22(24-20)29-3/h6,9-12,14,18,27H,4-5,7-8,13,15-16H2,1-3H3/t18-/m0/s1. The maximum atomic E-state index is 12.8. The summed E-state index contributed by atoms with van der Waals surface area (Å²) in [4.78, 5) is 21.4. The van der Waals surface area contributed by atoms with Gasteiger partial charge in [0.2, 0.25) is 11.8 Å². The second kappa shape index (κ2) is 9.74. The number of aromatic hydroxyl groups is 1. The van der Waals surface area contributed by atoms with Gasteiger partial charge in [-0.1, -0.05) is 6.07 Å². The summed E-state index contributed by atoms with van der Waals surface area (Å²) in [5.74, 6) is 1.12. The molecular formula is C23H31N3O3. The molecule has 0 aliphatic carbocycles. The third-order valence-electron chi connectivity index (χ3n) is 5.63. The van der Waals surface area contributed by atoms with Crippen molar-refractivity contribution < 1.29 is 14.6 Å². The molecule has 2 aromatic rings. The summed E-state index contributed by atoms with van der Waals surface area (Å²) in [6.07, 6.45) is 1.93. The number of benzene rings is 1. The number of hydrogen-bond acceptors (Lipinski definition) is 5. The van der Waals surface area contributed by atoms with E-state index in [1.54, 1.807) is 13.2 Å². The van der Waals surface area contributed by atoms with Crippen molar-refractivity contribution in [1.82, 2.24) is 14.8 Å². The summed E-state index contributed by atoms with van der Waals surface area (Å²) in [5.41, 5.74) is 2.59. The lowest BCUT2D eigenvalue weighted by Crippen LogP contribution is -2.44. The molecular weight excluding hydrogens is 366 g/mol. The first-order chi connectivity index (χ1) is 14.0. The smallest absolute Gasteiger partial charge is 0.226 e. The van der Waals surface area contributed by atoms with Crippen LogP contribution in [-0.4, -0.2) is 59.1 Å². The molecule has 1 amide bonds. The Balaban J connectivity index is 1.74. The van der Waals surface area contributed by atoms with E-state index in [9.17, 15) is 9.90 Å². The number of amides is 1. The monoisotopic (exact) mass is 397 g/mol. The second-order valence-corrected chi connectivity index (χ2v) is 7.49. The average molecular weight is 398 g/mol. The number of rotatable bonds is 7. The van der Waals surface area contributed by atoms with E-state index in [2.05, 4.69) is 9.88 Å². The summed E-state index contributed by atoms with van der Waals surface area (Å²) >= 11 is 0. The minimum Gasteiger partial charge on any atom is -0.508 e. The highest BCUT2D eigenvalue weighted by Crippen LogP contribution is 2.28. The summed E-state index contributed by atoms with van der Waals surface area (Å²) in [6.45, 7) is 7.84. The topological polar surface area (TPSA) is 65.9 Å². The zero-order valence-corrected chi connectivity index (χ0v) is 17.6. The Morgan fingerprint density at radius 2 is 2.07 bits per heavy atom. The molecule has 156 valence electrons. The number of piperidine rings is 1. The zero-order valence-electron chi connectivity index (χ0n) is 17.6. The lowest BCUT2D eigenvalue weighted by Gasteiger charge is -2.34. The van der Waals surface area contributed by atoms with Gasteiger partial charge in [0.15, 0.2) is 0 Å². The molecule has 6 nitrogen and oxygen atoms in total. The lowest BCUT2D eigenvalue weighted by atomic mass is 9.95. The number of phenols is 1. The van der Waals surface area contributed by atoms with Crippen LogP contribution in [0.2, 0.25) is 0 Å². The minimum absolute atomic E-state index is 0.0361. The zero-order chi connectivity index (χ0) is 20.8. The van der Waals surface area contributed by atoms with Crippen molar-refractivity contribution in [3.63, 3.8) is 0 Å². The third kappa shape index (κ3) is 5.07. The molecule has 2 heterocycles. The fourth-order valence-corrected chi connectivity index (χ4v) is 4.00. The molecule has 1 aromatic carbocycles. The first kappa shape index (κ1) is 21.1. The number of methoxy groups -OCH3 is 1. The van der Waals surface area contributed by atoms with E-state index in [-0.39, 0.29) is 17.6 Å². The molecule has 1 aliphatic rings. The predicted molar refractivity (Wildman–Crippen MR) is 114 cm³/mol. The van der Waals surface area contributed by atoms with E-state index in [4.69, 9.17) is 4.74 Å². The number of carbonyl (C=O) groups is 1. The number of nitrogens with zero attached hydrogens (tertiary/aromatic N) is 3. The van der Waals surface area contributed by atoms with Gasteiger partial charge in [-0.05, 0) is 57.5 Å². The van der Waals surface area contributed by atoms with E-state index in [0.29, 0.717) is 12.4 Å². The van der Waals surface area contributed by atoms with Crippen LogP contribution in [0.3, 0.4) is 0 Å². The molecule has 0 spiro atoms. The average Bonchev–Trinajstić information content (AvgIpc) is 2.76. The first-order valence-corrected chi connectivity index (χ1v) is 10.4. The van der Waals surface area contributed by atoms with Crippen molar-refractivity contribution in [2.24, 2.45) is 5.92 Å². The van der Waals surface area contributed by atoms with E-state index in [1.807, 2.05) is 49.1 Å². The molecule has 1 saturated heterocycles. The Bertz CT molecular complexity index is 836. The number of phenolic OH excluding ortho intramolecular Hbond substituents is 1. The lowest BCUT2D eigenvalue weighted by molar-refractivity contribution is -0.137. The quantitative estimate of drug-likeness (QED) is 0.774. The van der Waals surface area contributed by atoms with Crippen LogP contribution in [-0.2, 0) is 11.3 Å². The normalized spacial score (nSPS) is 17.1. The summed E-state index contributed by atoms with van der Waals surface area (Å²) < 4.78 is 5.22. The fourth-order valence-electron chi connectivity index (χ4n) is 4.00. The molecule has 0 radical (unpaired) electrons. The highest BCUT2D eigenvalue weighted by molar-refractivity contribution is 5.79. The van der Waals surface area contributed by atoms with Crippen LogP contribution in [0.15, 0.2) is 36.4 Å². The third-order valence-corrected chi connectivity index (χ3v) is 5.63. The van der Waals surface area contributed by atoms with E-state index < -0.39 is 0 Å². The Kier molecular flexibility index (Phi) is 7.09.